The average molecular weight is 224 g/mol. The summed E-state index contributed by atoms with van der Waals surface area (Å²) < 4.78 is 1.68. The molecule has 1 rings (SSSR count). The minimum atomic E-state index is -0.227. The molecule has 0 aromatic carbocycles. The van der Waals surface area contributed by atoms with Gasteiger partial charge in [-0.1, -0.05) is 0 Å². The van der Waals surface area contributed by atoms with Crippen LogP contribution in [-0.2, 0) is 4.79 Å². The fourth-order valence-electron chi connectivity index (χ4n) is 1.55. The van der Waals surface area contributed by atoms with E-state index in [-0.39, 0.29) is 11.9 Å². The first-order valence-corrected chi connectivity index (χ1v) is 5.55. The molecule has 1 unspecified atom stereocenters. The highest BCUT2D eigenvalue weighted by Gasteiger charge is 2.18. The second-order valence-electron chi connectivity index (χ2n) is 3.88. The molecule has 0 aliphatic carbocycles. The van der Waals surface area contributed by atoms with Gasteiger partial charge in [0.1, 0.15) is 6.04 Å². The highest BCUT2D eigenvalue weighted by atomic mass is 16.2. The third-order valence-electron chi connectivity index (χ3n) is 2.58. The number of carbonyl (C=O) groups excluding carboxylic acids is 1. The summed E-state index contributed by atoms with van der Waals surface area (Å²) >= 11 is 0. The van der Waals surface area contributed by atoms with Gasteiger partial charge >= 0.3 is 0 Å². The van der Waals surface area contributed by atoms with E-state index < -0.39 is 0 Å². The summed E-state index contributed by atoms with van der Waals surface area (Å²) in [6.07, 6.45) is 4.46. The molecule has 1 N–H and O–H groups in total. The highest BCUT2D eigenvalue weighted by molar-refractivity contribution is 5.79. The van der Waals surface area contributed by atoms with Gasteiger partial charge in [0.05, 0.1) is 0 Å². The summed E-state index contributed by atoms with van der Waals surface area (Å²) in [6, 6.07) is 1.60. The van der Waals surface area contributed by atoms with Gasteiger partial charge in [0.25, 0.3) is 0 Å². The average Bonchev–Trinajstić information content (AvgIpc) is 2.80. The first-order valence-electron chi connectivity index (χ1n) is 5.55. The Morgan fingerprint density at radius 2 is 2.38 bits per heavy atom. The molecule has 16 heavy (non-hydrogen) atoms. The summed E-state index contributed by atoms with van der Waals surface area (Å²) in [5.41, 5.74) is 0. The van der Waals surface area contributed by atoms with E-state index in [1.807, 2.05) is 33.3 Å². The molecule has 1 atom stereocenters. The molecule has 90 valence electrons. The van der Waals surface area contributed by atoms with Gasteiger partial charge in [-0.25, -0.2) is 0 Å². The van der Waals surface area contributed by atoms with E-state index in [4.69, 9.17) is 0 Å². The van der Waals surface area contributed by atoms with Crippen LogP contribution in [0.1, 0.15) is 19.4 Å². The van der Waals surface area contributed by atoms with E-state index >= 15 is 0 Å². The number of nitrogens with zero attached hydrogens (tertiary/aromatic N) is 3. The lowest BCUT2D eigenvalue weighted by Gasteiger charge is -2.21. The number of hydrogen-bond acceptors (Lipinski definition) is 3. The predicted molar refractivity (Wildman–Crippen MR) is 63.1 cm³/mol. The van der Waals surface area contributed by atoms with Crippen LogP contribution in [0, 0.1) is 0 Å². The summed E-state index contributed by atoms with van der Waals surface area (Å²) in [4.78, 5) is 13.7. The van der Waals surface area contributed by atoms with Crippen molar-refractivity contribution in [1.29, 1.82) is 0 Å². The van der Waals surface area contributed by atoms with Gasteiger partial charge in [0, 0.05) is 26.0 Å². The third-order valence-corrected chi connectivity index (χ3v) is 2.58. The van der Waals surface area contributed by atoms with Crippen LogP contribution in [0.4, 0.5) is 0 Å². The molecule has 0 aliphatic heterocycles. The molecule has 1 amide bonds. The SMILES string of the molecule is CNCCCN(C)C(=O)C(C)n1cccn1. The smallest absolute Gasteiger partial charge is 0.246 e. The van der Waals surface area contributed by atoms with Crippen molar-refractivity contribution in [2.24, 2.45) is 0 Å². The molecule has 0 spiro atoms. The Kier molecular flexibility index (Phi) is 4.98. The molecule has 5 heteroatoms. The number of rotatable bonds is 6. The maximum atomic E-state index is 12.0. The van der Waals surface area contributed by atoms with Gasteiger partial charge in [-0.15, -0.1) is 0 Å². The lowest BCUT2D eigenvalue weighted by molar-refractivity contribution is -0.133. The van der Waals surface area contributed by atoms with E-state index in [0.29, 0.717) is 0 Å². The van der Waals surface area contributed by atoms with Crippen LogP contribution in [0.25, 0.3) is 0 Å². The van der Waals surface area contributed by atoms with Crippen LogP contribution in [0.15, 0.2) is 18.5 Å². The fourth-order valence-corrected chi connectivity index (χ4v) is 1.55. The van der Waals surface area contributed by atoms with Crippen molar-refractivity contribution in [2.75, 3.05) is 27.2 Å². The van der Waals surface area contributed by atoms with Crippen molar-refractivity contribution in [3.05, 3.63) is 18.5 Å². The van der Waals surface area contributed by atoms with Crippen LogP contribution < -0.4 is 5.32 Å². The normalized spacial score (nSPS) is 12.4. The molecule has 0 fully saturated rings. The van der Waals surface area contributed by atoms with Crippen molar-refractivity contribution in [3.8, 4) is 0 Å². The zero-order chi connectivity index (χ0) is 12.0. The van der Waals surface area contributed by atoms with Gasteiger partial charge in [-0.05, 0) is 33.0 Å². The standard InChI is InChI=1S/C11H20N4O/c1-10(15-9-5-7-13-15)11(16)14(3)8-4-6-12-2/h5,7,9-10,12H,4,6,8H2,1-3H3. The Balaban J connectivity index is 2.44. The molecule has 0 radical (unpaired) electrons. The molecule has 0 bridgehead atoms. The summed E-state index contributed by atoms with van der Waals surface area (Å²) in [5, 5.41) is 7.14. The summed E-state index contributed by atoms with van der Waals surface area (Å²) in [5.74, 6) is 0.0970. The van der Waals surface area contributed by atoms with Crippen LogP contribution in [0.5, 0.6) is 0 Å². The number of carbonyl (C=O) groups is 1. The fraction of sp³-hybridized carbons (Fsp3) is 0.636. The predicted octanol–water partition coefficient (Wildman–Crippen LogP) is 0.512. The van der Waals surface area contributed by atoms with E-state index in [1.165, 1.54) is 0 Å². The number of likely N-dealkylation sites (N-methyl/N-ethyl adjacent to an activating group) is 1. The zero-order valence-electron chi connectivity index (χ0n) is 10.2. The van der Waals surface area contributed by atoms with E-state index in [1.54, 1.807) is 15.8 Å². The van der Waals surface area contributed by atoms with Crippen molar-refractivity contribution in [3.63, 3.8) is 0 Å². The van der Waals surface area contributed by atoms with Crippen molar-refractivity contribution >= 4 is 5.91 Å². The quantitative estimate of drug-likeness (QED) is 0.716. The number of hydrogen-bond donors (Lipinski definition) is 1. The van der Waals surface area contributed by atoms with E-state index in [0.717, 1.165) is 19.5 Å². The molecular weight excluding hydrogens is 204 g/mol. The second kappa shape index (κ2) is 6.27. The monoisotopic (exact) mass is 224 g/mol. The van der Waals surface area contributed by atoms with E-state index in [2.05, 4.69) is 10.4 Å². The minimum Gasteiger partial charge on any atom is -0.344 e. The topological polar surface area (TPSA) is 50.2 Å². The number of nitrogens with one attached hydrogen (secondary N) is 1. The maximum absolute atomic E-state index is 12.0. The van der Waals surface area contributed by atoms with E-state index in [9.17, 15) is 4.79 Å². The molecule has 1 aromatic heterocycles. The lowest BCUT2D eigenvalue weighted by atomic mass is 10.3. The first kappa shape index (κ1) is 12.7. The Morgan fingerprint density at radius 1 is 1.62 bits per heavy atom. The van der Waals surface area contributed by atoms with Crippen LogP contribution in [0.3, 0.4) is 0 Å². The third kappa shape index (κ3) is 3.34. The van der Waals surface area contributed by atoms with Crippen molar-refractivity contribution in [1.82, 2.24) is 20.0 Å². The van der Waals surface area contributed by atoms with Crippen LogP contribution in [0.2, 0.25) is 0 Å². The van der Waals surface area contributed by atoms with Crippen molar-refractivity contribution in [2.45, 2.75) is 19.4 Å². The summed E-state index contributed by atoms with van der Waals surface area (Å²) in [7, 11) is 3.74. The molecule has 1 aromatic rings. The zero-order valence-corrected chi connectivity index (χ0v) is 10.2. The Hall–Kier alpha value is -1.36. The molecule has 0 saturated heterocycles. The highest BCUT2D eigenvalue weighted by Crippen LogP contribution is 2.07. The van der Waals surface area contributed by atoms with Gasteiger partial charge in [-0.3, -0.25) is 9.48 Å². The molecule has 0 saturated carbocycles. The Bertz CT molecular complexity index is 310. The lowest BCUT2D eigenvalue weighted by Crippen LogP contribution is -2.34. The molecule has 0 aliphatic rings. The largest absolute Gasteiger partial charge is 0.344 e. The van der Waals surface area contributed by atoms with Gasteiger partial charge < -0.3 is 10.2 Å². The molecular formula is C11H20N4O. The number of aromatic nitrogens is 2. The first-order chi connectivity index (χ1) is 7.66. The van der Waals surface area contributed by atoms with Crippen molar-refractivity contribution < 1.29 is 4.79 Å². The maximum Gasteiger partial charge on any atom is 0.246 e. The molecule has 1 heterocycles. The van der Waals surface area contributed by atoms with Gasteiger partial charge in [0.2, 0.25) is 5.91 Å². The number of amides is 1. The Labute approximate surface area is 96.4 Å². The van der Waals surface area contributed by atoms with Gasteiger partial charge in [0.15, 0.2) is 0 Å². The summed E-state index contributed by atoms with van der Waals surface area (Å²) in [6.45, 7) is 3.56. The second-order valence-corrected chi connectivity index (χ2v) is 3.88. The Morgan fingerprint density at radius 3 is 2.94 bits per heavy atom. The van der Waals surface area contributed by atoms with Crippen LogP contribution in [-0.4, -0.2) is 47.8 Å². The van der Waals surface area contributed by atoms with Crippen LogP contribution >= 0.6 is 0 Å². The molecule has 5 nitrogen and oxygen atoms in total. The minimum absolute atomic E-state index is 0.0970. The van der Waals surface area contributed by atoms with Gasteiger partial charge in [-0.2, -0.15) is 5.10 Å².